The molecule has 1 aromatic carbocycles. The van der Waals surface area contributed by atoms with Crippen LogP contribution in [0.5, 0.6) is 5.75 Å². The normalized spacial score (nSPS) is 11.3. The lowest BCUT2D eigenvalue weighted by Gasteiger charge is -2.31. The van der Waals surface area contributed by atoms with Crippen LogP contribution in [-0.4, -0.2) is 38.8 Å². The summed E-state index contributed by atoms with van der Waals surface area (Å²) in [4.78, 5) is 0. The van der Waals surface area contributed by atoms with Gasteiger partial charge in [0.25, 0.3) is 0 Å². The van der Waals surface area contributed by atoms with Crippen LogP contribution in [0.4, 0.5) is 0 Å². The average Bonchev–Trinajstić information content (AvgIpc) is 2.15. The number of rotatable bonds is 3. The van der Waals surface area contributed by atoms with Crippen LogP contribution >= 0.6 is 0 Å². The molecule has 0 aliphatic heterocycles. The van der Waals surface area contributed by atoms with E-state index in [-0.39, 0.29) is 0 Å². The zero-order chi connectivity index (χ0) is 14.4. The molecule has 0 aliphatic rings. The predicted molar refractivity (Wildman–Crippen MR) is 69.9 cm³/mol. The van der Waals surface area contributed by atoms with Gasteiger partial charge in [-0.15, -0.1) is 0 Å². The van der Waals surface area contributed by atoms with Crippen molar-refractivity contribution >= 4 is 7.32 Å². The molecule has 0 aliphatic carbocycles. The molecule has 4 N–H and O–H groups in total. The van der Waals surface area contributed by atoms with Crippen molar-refractivity contribution in [3.8, 4) is 5.75 Å². The van der Waals surface area contributed by atoms with Gasteiger partial charge in [0, 0.05) is 0 Å². The molecule has 0 radical (unpaired) electrons. The molecule has 0 heterocycles. The molecule has 0 spiro atoms. The molecular formula is C12H21BO5. The van der Waals surface area contributed by atoms with Crippen LogP contribution in [0.1, 0.15) is 27.7 Å². The smallest absolute Gasteiger partial charge is 0.512 e. The lowest BCUT2D eigenvalue weighted by Crippen LogP contribution is -2.44. The van der Waals surface area contributed by atoms with Gasteiger partial charge in [-0.25, -0.2) is 0 Å². The highest BCUT2D eigenvalue weighted by atomic mass is 16.6. The van der Waals surface area contributed by atoms with Gasteiger partial charge in [0.2, 0.25) is 0 Å². The van der Waals surface area contributed by atoms with Crippen LogP contribution in [-0.2, 0) is 0 Å². The van der Waals surface area contributed by atoms with E-state index in [1.165, 1.54) is 0 Å². The van der Waals surface area contributed by atoms with Gasteiger partial charge in [-0.3, -0.25) is 0 Å². The van der Waals surface area contributed by atoms with Crippen molar-refractivity contribution in [3.63, 3.8) is 0 Å². The number of para-hydroxylation sites is 1. The molecule has 0 bridgehead atoms. The minimum absolute atomic E-state index is 0.442. The lowest BCUT2D eigenvalue weighted by molar-refractivity contribution is -0.107. The summed E-state index contributed by atoms with van der Waals surface area (Å²) in [5, 5.41) is 34.9. The van der Waals surface area contributed by atoms with Gasteiger partial charge in [-0.1, -0.05) is 18.2 Å². The van der Waals surface area contributed by atoms with E-state index >= 15 is 0 Å². The maximum Gasteiger partial charge on any atom is 0.707 e. The molecule has 0 atom stereocenters. The first kappa shape index (κ1) is 16.9. The third-order valence-electron chi connectivity index (χ3n) is 2.48. The van der Waals surface area contributed by atoms with Crippen molar-refractivity contribution in [2.75, 3.05) is 0 Å². The zero-order valence-electron chi connectivity index (χ0n) is 11.2. The summed E-state index contributed by atoms with van der Waals surface area (Å²) >= 11 is 0. The predicted octanol–water partition coefficient (Wildman–Crippen LogP) is 0.563. The molecule has 102 valence electrons. The highest BCUT2D eigenvalue weighted by molar-refractivity contribution is 6.33. The van der Waals surface area contributed by atoms with Crippen molar-refractivity contribution in [3.05, 3.63) is 30.3 Å². The monoisotopic (exact) mass is 256 g/mol. The maximum atomic E-state index is 9.10. The van der Waals surface area contributed by atoms with Crippen molar-refractivity contribution in [1.29, 1.82) is 0 Å². The quantitative estimate of drug-likeness (QED) is 0.593. The van der Waals surface area contributed by atoms with Gasteiger partial charge >= 0.3 is 7.32 Å². The van der Waals surface area contributed by atoms with Crippen LogP contribution in [0.3, 0.4) is 0 Å². The molecule has 5 nitrogen and oxygen atoms in total. The van der Waals surface area contributed by atoms with Gasteiger partial charge < -0.3 is 24.9 Å². The Labute approximate surface area is 108 Å². The number of benzene rings is 1. The Hall–Kier alpha value is -1.08. The third-order valence-corrected chi connectivity index (χ3v) is 2.48. The van der Waals surface area contributed by atoms with Crippen molar-refractivity contribution in [1.82, 2.24) is 0 Å². The standard InChI is InChI=1S/C6H7BO3.C6H14O2/c8-7(9)10-6-4-2-1-3-5-6;1-5(2,7)6(3,4)8/h1-5,8-9H;7-8H,1-4H3. The Morgan fingerprint density at radius 2 is 1.28 bits per heavy atom. The number of hydrogen-bond acceptors (Lipinski definition) is 5. The molecule has 0 saturated carbocycles. The van der Waals surface area contributed by atoms with Gasteiger partial charge in [0.1, 0.15) is 5.75 Å². The summed E-state index contributed by atoms with van der Waals surface area (Å²) in [6.07, 6.45) is 0. The van der Waals surface area contributed by atoms with Crippen LogP contribution in [0.15, 0.2) is 30.3 Å². The van der Waals surface area contributed by atoms with Crippen molar-refractivity contribution < 1.29 is 24.9 Å². The molecular weight excluding hydrogens is 235 g/mol. The Bertz CT molecular complexity index is 315. The Morgan fingerprint density at radius 3 is 1.56 bits per heavy atom. The molecule has 6 heteroatoms. The topological polar surface area (TPSA) is 90.2 Å². The van der Waals surface area contributed by atoms with E-state index in [0.29, 0.717) is 5.75 Å². The van der Waals surface area contributed by atoms with E-state index in [0.717, 1.165) is 0 Å². The lowest BCUT2D eigenvalue weighted by atomic mass is 9.90. The first-order valence-electron chi connectivity index (χ1n) is 5.56. The SMILES string of the molecule is CC(C)(O)C(C)(C)O.OB(O)Oc1ccccc1. The van der Waals surface area contributed by atoms with Crippen molar-refractivity contribution in [2.24, 2.45) is 0 Å². The first-order valence-corrected chi connectivity index (χ1v) is 5.56. The summed E-state index contributed by atoms with van der Waals surface area (Å²) in [7, 11) is -1.73. The minimum atomic E-state index is -1.73. The minimum Gasteiger partial charge on any atom is -0.512 e. The molecule has 0 saturated heterocycles. The average molecular weight is 256 g/mol. The molecule has 0 aromatic heterocycles. The second-order valence-corrected chi connectivity index (χ2v) is 4.88. The summed E-state index contributed by atoms with van der Waals surface area (Å²) in [5.41, 5.74) is -2.01. The van der Waals surface area contributed by atoms with Crippen LogP contribution in [0.25, 0.3) is 0 Å². The van der Waals surface area contributed by atoms with E-state index in [1.807, 2.05) is 6.07 Å². The van der Waals surface area contributed by atoms with E-state index < -0.39 is 18.5 Å². The molecule has 18 heavy (non-hydrogen) atoms. The maximum absolute atomic E-state index is 9.10. The molecule has 1 aromatic rings. The van der Waals surface area contributed by atoms with E-state index in [4.69, 9.17) is 20.3 Å². The van der Waals surface area contributed by atoms with Gasteiger partial charge in [-0.2, -0.15) is 0 Å². The Morgan fingerprint density at radius 1 is 0.889 bits per heavy atom. The summed E-state index contributed by atoms with van der Waals surface area (Å²) in [5.74, 6) is 0.442. The second kappa shape index (κ2) is 6.75. The van der Waals surface area contributed by atoms with Gasteiger partial charge in [0.05, 0.1) is 11.2 Å². The zero-order valence-corrected chi connectivity index (χ0v) is 11.2. The van der Waals surface area contributed by atoms with Crippen LogP contribution in [0, 0.1) is 0 Å². The highest BCUT2D eigenvalue weighted by Crippen LogP contribution is 2.19. The Kier molecular flexibility index (Phi) is 6.35. The first-order chi connectivity index (χ1) is 8.04. The fourth-order valence-corrected chi connectivity index (χ4v) is 0.621. The van der Waals surface area contributed by atoms with Gasteiger partial charge in [-0.05, 0) is 39.8 Å². The largest absolute Gasteiger partial charge is 0.707 e. The fourth-order valence-electron chi connectivity index (χ4n) is 0.621. The fraction of sp³-hybridized carbons (Fsp3) is 0.500. The van der Waals surface area contributed by atoms with Crippen LogP contribution in [0.2, 0.25) is 0 Å². The van der Waals surface area contributed by atoms with E-state index in [1.54, 1.807) is 52.0 Å². The third kappa shape index (κ3) is 7.29. The summed E-state index contributed by atoms with van der Waals surface area (Å²) < 4.78 is 4.53. The molecule has 0 fully saturated rings. The number of hydrogen-bond donors (Lipinski definition) is 4. The van der Waals surface area contributed by atoms with E-state index in [9.17, 15) is 0 Å². The summed E-state index contributed by atoms with van der Waals surface area (Å²) in [6, 6.07) is 8.59. The Balaban J connectivity index is 0.000000331. The van der Waals surface area contributed by atoms with E-state index in [2.05, 4.69) is 4.65 Å². The summed E-state index contributed by atoms with van der Waals surface area (Å²) in [6.45, 7) is 6.31. The van der Waals surface area contributed by atoms with Gasteiger partial charge in [0.15, 0.2) is 0 Å². The molecule has 0 unspecified atom stereocenters. The van der Waals surface area contributed by atoms with Crippen molar-refractivity contribution in [2.45, 2.75) is 38.9 Å². The molecule has 1 rings (SSSR count). The van der Waals surface area contributed by atoms with Crippen LogP contribution < -0.4 is 4.65 Å². The second-order valence-electron chi connectivity index (χ2n) is 4.88. The molecule has 0 amide bonds. The number of aliphatic hydroxyl groups is 2. The highest BCUT2D eigenvalue weighted by Gasteiger charge is 2.31.